The van der Waals surface area contributed by atoms with Gasteiger partial charge in [0.1, 0.15) is 0 Å². The molecule has 1 aromatic heterocycles. The summed E-state index contributed by atoms with van der Waals surface area (Å²) in [5, 5.41) is 3.91. The van der Waals surface area contributed by atoms with Gasteiger partial charge in [-0.1, -0.05) is 24.4 Å². The maximum absolute atomic E-state index is 5.84. The molecular formula is C12H21N3O2. The third-order valence-electron chi connectivity index (χ3n) is 3.35. The molecule has 1 heterocycles. The van der Waals surface area contributed by atoms with E-state index in [0.29, 0.717) is 18.3 Å². The van der Waals surface area contributed by atoms with Crippen LogP contribution < -0.4 is 5.73 Å². The SMILES string of the molecule is COCC(N)c1noc(CC2CCCCC2)n1. The summed E-state index contributed by atoms with van der Waals surface area (Å²) in [6.45, 7) is 0.419. The Bertz CT molecular complexity index is 334. The van der Waals surface area contributed by atoms with Crippen LogP contribution in [0.15, 0.2) is 4.52 Å². The summed E-state index contributed by atoms with van der Waals surface area (Å²) < 4.78 is 10.2. The fourth-order valence-corrected chi connectivity index (χ4v) is 2.39. The lowest BCUT2D eigenvalue weighted by Crippen LogP contribution is -2.17. The maximum atomic E-state index is 5.84. The number of methoxy groups -OCH3 is 1. The first-order valence-corrected chi connectivity index (χ1v) is 6.36. The first kappa shape index (κ1) is 12.5. The lowest BCUT2D eigenvalue weighted by Gasteiger charge is -2.19. The Hall–Kier alpha value is -0.940. The molecule has 1 fully saturated rings. The molecule has 1 atom stereocenters. The van der Waals surface area contributed by atoms with E-state index in [0.717, 1.165) is 12.3 Å². The number of aromatic nitrogens is 2. The van der Waals surface area contributed by atoms with Gasteiger partial charge >= 0.3 is 0 Å². The summed E-state index contributed by atoms with van der Waals surface area (Å²) in [6, 6.07) is -0.288. The number of hydrogen-bond acceptors (Lipinski definition) is 5. The van der Waals surface area contributed by atoms with E-state index in [1.54, 1.807) is 7.11 Å². The van der Waals surface area contributed by atoms with Crippen LogP contribution in [0, 0.1) is 5.92 Å². The second kappa shape index (κ2) is 6.12. The van der Waals surface area contributed by atoms with Crippen molar-refractivity contribution in [3.63, 3.8) is 0 Å². The third kappa shape index (κ3) is 3.51. The van der Waals surface area contributed by atoms with E-state index in [9.17, 15) is 0 Å². The zero-order valence-corrected chi connectivity index (χ0v) is 10.4. The molecule has 0 aromatic carbocycles. The van der Waals surface area contributed by atoms with Crippen molar-refractivity contribution in [2.24, 2.45) is 11.7 Å². The van der Waals surface area contributed by atoms with Crippen LogP contribution in [0.1, 0.15) is 49.9 Å². The van der Waals surface area contributed by atoms with Crippen molar-refractivity contribution < 1.29 is 9.26 Å². The van der Waals surface area contributed by atoms with Gasteiger partial charge in [0.25, 0.3) is 0 Å². The molecule has 5 heteroatoms. The average Bonchev–Trinajstić information content (AvgIpc) is 2.79. The van der Waals surface area contributed by atoms with E-state index in [4.69, 9.17) is 15.0 Å². The fourth-order valence-electron chi connectivity index (χ4n) is 2.39. The van der Waals surface area contributed by atoms with Crippen molar-refractivity contribution in [2.45, 2.75) is 44.6 Å². The van der Waals surface area contributed by atoms with Gasteiger partial charge in [0.2, 0.25) is 5.89 Å². The van der Waals surface area contributed by atoms with Crippen molar-refractivity contribution in [3.05, 3.63) is 11.7 Å². The maximum Gasteiger partial charge on any atom is 0.226 e. The van der Waals surface area contributed by atoms with Gasteiger partial charge in [-0.3, -0.25) is 0 Å². The third-order valence-corrected chi connectivity index (χ3v) is 3.35. The Labute approximate surface area is 102 Å². The molecule has 1 aliphatic carbocycles. The Kier molecular flexibility index (Phi) is 4.50. The van der Waals surface area contributed by atoms with Gasteiger partial charge in [0, 0.05) is 13.5 Å². The molecule has 0 amide bonds. The minimum atomic E-state index is -0.288. The van der Waals surface area contributed by atoms with E-state index in [1.807, 2.05) is 0 Å². The highest BCUT2D eigenvalue weighted by atomic mass is 16.5. The van der Waals surface area contributed by atoms with Crippen LogP contribution in [0.3, 0.4) is 0 Å². The Morgan fingerprint density at radius 2 is 2.18 bits per heavy atom. The first-order chi connectivity index (χ1) is 8.29. The Balaban J connectivity index is 1.88. The molecule has 2 N–H and O–H groups in total. The van der Waals surface area contributed by atoms with Crippen LogP contribution in [0.4, 0.5) is 0 Å². The molecule has 2 rings (SSSR count). The molecule has 1 aliphatic rings. The summed E-state index contributed by atoms with van der Waals surface area (Å²) in [5.41, 5.74) is 5.84. The molecular weight excluding hydrogens is 218 g/mol. The number of rotatable bonds is 5. The molecule has 96 valence electrons. The molecule has 0 radical (unpaired) electrons. The first-order valence-electron chi connectivity index (χ1n) is 6.36. The van der Waals surface area contributed by atoms with Crippen LogP contribution in [-0.2, 0) is 11.2 Å². The minimum absolute atomic E-state index is 0.288. The molecule has 1 unspecified atom stereocenters. The standard InChI is InChI=1S/C12H21N3O2/c1-16-8-10(13)12-14-11(17-15-12)7-9-5-3-2-4-6-9/h9-10H,2-8,13H2,1H3. The number of ether oxygens (including phenoxy) is 1. The number of hydrogen-bond donors (Lipinski definition) is 1. The zero-order valence-electron chi connectivity index (χ0n) is 10.4. The second-order valence-electron chi connectivity index (χ2n) is 4.82. The Morgan fingerprint density at radius 1 is 1.41 bits per heavy atom. The summed E-state index contributed by atoms with van der Waals surface area (Å²) >= 11 is 0. The van der Waals surface area contributed by atoms with E-state index in [1.165, 1.54) is 32.1 Å². The van der Waals surface area contributed by atoms with E-state index in [2.05, 4.69) is 10.1 Å². The Morgan fingerprint density at radius 3 is 2.88 bits per heavy atom. The van der Waals surface area contributed by atoms with Gasteiger partial charge in [-0.2, -0.15) is 4.98 Å². The normalized spacial score (nSPS) is 19.4. The molecule has 1 aromatic rings. The van der Waals surface area contributed by atoms with E-state index < -0.39 is 0 Å². The van der Waals surface area contributed by atoms with Gasteiger partial charge in [0.05, 0.1) is 12.6 Å². The van der Waals surface area contributed by atoms with Gasteiger partial charge in [-0.05, 0) is 18.8 Å². The molecule has 0 spiro atoms. The second-order valence-corrected chi connectivity index (χ2v) is 4.82. The van der Waals surface area contributed by atoms with Crippen LogP contribution in [0.5, 0.6) is 0 Å². The molecule has 17 heavy (non-hydrogen) atoms. The highest BCUT2D eigenvalue weighted by Gasteiger charge is 2.19. The van der Waals surface area contributed by atoms with Crippen molar-refractivity contribution in [1.82, 2.24) is 10.1 Å². The average molecular weight is 239 g/mol. The van der Waals surface area contributed by atoms with E-state index >= 15 is 0 Å². The van der Waals surface area contributed by atoms with Crippen molar-refractivity contribution in [2.75, 3.05) is 13.7 Å². The highest BCUT2D eigenvalue weighted by Crippen LogP contribution is 2.26. The molecule has 0 saturated heterocycles. The predicted octanol–water partition coefficient (Wildman–Crippen LogP) is 1.84. The quantitative estimate of drug-likeness (QED) is 0.848. The predicted molar refractivity (Wildman–Crippen MR) is 63.4 cm³/mol. The van der Waals surface area contributed by atoms with Crippen LogP contribution in [0.25, 0.3) is 0 Å². The van der Waals surface area contributed by atoms with Crippen LogP contribution in [-0.4, -0.2) is 23.9 Å². The van der Waals surface area contributed by atoms with Gasteiger partial charge in [-0.25, -0.2) is 0 Å². The number of nitrogens with two attached hydrogens (primary N) is 1. The summed E-state index contributed by atoms with van der Waals surface area (Å²) in [6.07, 6.45) is 7.48. The van der Waals surface area contributed by atoms with Crippen molar-refractivity contribution >= 4 is 0 Å². The highest BCUT2D eigenvalue weighted by molar-refractivity contribution is 4.94. The van der Waals surface area contributed by atoms with Crippen LogP contribution in [0.2, 0.25) is 0 Å². The topological polar surface area (TPSA) is 74.2 Å². The summed E-state index contributed by atoms with van der Waals surface area (Å²) in [5.74, 6) is 1.98. The monoisotopic (exact) mass is 239 g/mol. The van der Waals surface area contributed by atoms with Gasteiger partial charge < -0.3 is 15.0 Å². The van der Waals surface area contributed by atoms with Crippen molar-refractivity contribution in [3.8, 4) is 0 Å². The summed E-state index contributed by atoms with van der Waals surface area (Å²) in [4.78, 5) is 4.34. The molecule has 1 saturated carbocycles. The zero-order chi connectivity index (χ0) is 12.1. The molecule has 5 nitrogen and oxygen atoms in total. The summed E-state index contributed by atoms with van der Waals surface area (Å²) in [7, 11) is 1.61. The minimum Gasteiger partial charge on any atom is -0.383 e. The molecule has 0 aliphatic heterocycles. The van der Waals surface area contributed by atoms with Crippen LogP contribution >= 0.6 is 0 Å². The number of nitrogens with zero attached hydrogens (tertiary/aromatic N) is 2. The lowest BCUT2D eigenvalue weighted by atomic mass is 9.87. The van der Waals surface area contributed by atoms with E-state index in [-0.39, 0.29) is 6.04 Å². The largest absolute Gasteiger partial charge is 0.383 e. The fraction of sp³-hybridized carbons (Fsp3) is 0.833. The smallest absolute Gasteiger partial charge is 0.226 e. The van der Waals surface area contributed by atoms with Gasteiger partial charge in [-0.15, -0.1) is 0 Å². The van der Waals surface area contributed by atoms with Crippen molar-refractivity contribution in [1.29, 1.82) is 0 Å². The van der Waals surface area contributed by atoms with Gasteiger partial charge in [0.15, 0.2) is 5.82 Å². The molecule has 0 bridgehead atoms. The lowest BCUT2D eigenvalue weighted by molar-refractivity contribution is 0.177.